The first-order valence-electron chi connectivity index (χ1n) is 6.81. The molecule has 102 valence electrons. The Bertz CT molecular complexity index is 611. The second kappa shape index (κ2) is 5.68. The molecule has 0 bridgehead atoms. The number of rotatable bonds is 3. The summed E-state index contributed by atoms with van der Waals surface area (Å²) >= 11 is 6.02. The molecule has 0 radical (unpaired) electrons. The van der Waals surface area contributed by atoms with Crippen molar-refractivity contribution in [2.45, 2.75) is 12.3 Å². The van der Waals surface area contributed by atoms with Crippen LogP contribution < -0.4 is 5.32 Å². The van der Waals surface area contributed by atoms with Gasteiger partial charge in [-0.2, -0.15) is 0 Å². The van der Waals surface area contributed by atoms with Crippen LogP contribution in [0, 0.1) is 5.92 Å². The van der Waals surface area contributed by atoms with Crippen molar-refractivity contribution in [1.29, 1.82) is 0 Å². The Hall–Kier alpha value is -1.80. The number of amides is 1. The van der Waals surface area contributed by atoms with Crippen LogP contribution in [0.3, 0.4) is 0 Å². The van der Waals surface area contributed by atoms with Crippen molar-refractivity contribution in [1.82, 2.24) is 5.32 Å². The summed E-state index contributed by atoms with van der Waals surface area (Å²) < 4.78 is 0. The fourth-order valence-corrected chi connectivity index (χ4v) is 3.08. The lowest BCUT2D eigenvalue weighted by Gasteiger charge is -2.17. The maximum Gasteiger partial charge on any atom is 0.224 e. The molecule has 2 nitrogen and oxygen atoms in total. The normalized spacial score (nSPS) is 21.8. The highest BCUT2D eigenvalue weighted by Gasteiger charge is 2.35. The summed E-state index contributed by atoms with van der Waals surface area (Å²) in [6.07, 6.45) is 0.728. The van der Waals surface area contributed by atoms with Crippen LogP contribution in [-0.4, -0.2) is 12.5 Å². The van der Waals surface area contributed by atoms with Gasteiger partial charge in [-0.25, -0.2) is 0 Å². The summed E-state index contributed by atoms with van der Waals surface area (Å²) in [6.45, 7) is 0.716. The molecule has 2 aromatic carbocycles. The van der Waals surface area contributed by atoms with Crippen molar-refractivity contribution < 1.29 is 4.79 Å². The van der Waals surface area contributed by atoms with Gasteiger partial charge >= 0.3 is 0 Å². The van der Waals surface area contributed by atoms with Crippen LogP contribution in [0.4, 0.5) is 0 Å². The van der Waals surface area contributed by atoms with Crippen LogP contribution in [0.2, 0.25) is 5.02 Å². The highest BCUT2D eigenvalue weighted by molar-refractivity contribution is 6.30. The molecule has 1 saturated heterocycles. The number of benzene rings is 2. The molecule has 1 aliphatic rings. The van der Waals surface area contributed by atoms with E-state index in [1.54, 1.807) is 0 Å². The number of nitrogens with one attached hydrogen (secondary N) is 1. The van der Waals surface area contributed by atoms with Gasteiger partial charge in [0, 0.05) is 17.5 Å². The molecule has 2 aromatic rings. The van der Waals surface area contributed by atoms with E-state index in [-0.39, 0.29) is 17.7 Å². The first kappa shape index (κ1) is 13.2. The minimum atomic E-state index is -0.0177. The molecule has 1 amide bonds. The molecule has 0 saturated carbocycles. The molecule has 0 aromatic heterocycles. The Morgan fingerprint density at radius 3 is 2.65 bits per heavy atom. The average molecular weight is 286 g/mol. The van der Waals surface area contributed by atoms with Gasteiger partial charge in [-0.1, -0.05) is 54.1 Å². The molecule has 2 atom stereocenters. The van der Waals surface area contributed by atoms with E-state index in [0.717, 1.165) is 17.0 Å². The first-order valence-corrected chi connectivity index (χ1v) is 7.19. The molecular formula is C17H16ClNO. The Labute approximate surface area is 123 Å². The van der Waals surface area contributed by atoms with Crippen molar-refractivity contribution in [2.24, 2.45) is 5.92 Å². The molecule has 0 spiro atoms. The molecule has 3 rings (SSSR count). The van der Waals surface area contributed by atoms with E-state index in [1.165, 1.54) is 5.56 Å². The van der Waals surface area contributed by atoms with Crippen molar-refractivity contribution >= 4 is 17.5 Å². The van der Waals surface area contributed by atoms with Crippen molar-refractivity contribution in [3.63, 3.8) is 0 Å². The minimum absolute atomic E-state index is 0.0177. The van der Waals surface area contributed by atoms with Gasteiger partial charge in [-0.05, 0) is 29.7 Å². The minimum Gasteiger partial charge on any atom is -0.355 e. The van der Waals surface area contributed by atoms with Crippen molar-refractivity contribution in [2.75, 3.05) is 6.54 Å². The standard InChI is InChI=1S/C17H16ClNO/c18-14-8-4-5-12(9-14)10-15-16(11-19-17(15)20)13-6-2-1-3-7-13/h1-9,15-16H,10-11H2,(H,19,20)/t15-,16-/m1/s1. The van der Waals surface area contributed by atoms with Crippen LogP contribution in [-0.2, 0) is 11.2 Å². The molecule has 3 heteroatoms. The molecule has 20 heavy (non-hydrogen) atoms. The average Bonchev–Trinajstić information content (AvgIpc) is 2.81. The van der Waals surface area contributed by atoms with E-state index in [9.17, 15) is 4.79 Å². The Morgan fingerprint density at radius 2 is 1.90 bits per heavy atom. The van der Waals surface area contributed by atoms with Crippen molar-refractivity contribution in [3.05, 3.63) is 70.7 Å². The van der Waals surface area contributed by atoms with Gasteiger partial charge < -0.3 is 5.32 Å². The summed E-state index contributed by atoms with van der Waals surface area (Å²) in [4.78, 5) is 12.1. The predicted molar refractivity (Wildman–Crippen MR) is 80.8 cm³/mol. The van der Waals surface area contributed by atoms with E-state index < -0.39 is 0 Å². The molecule has 1 fully saturated rings. The number of hydrogen-bond acceptors (Lipinski definition) is 1. The van der Waals surface area contributed by atoms with E-state index >= 15 is 0 Å². The Kier molecular flexibility index (Phi) is 3.75. The zero-order chi connectivity index (χ0) is 13.9. The summed E-state index contributed by atoms with van der Waals surface area (Å²) in [5, 5.41) is 3.70. The van der Waals surface area contributed by atoms with Gasteiger partial charge in [-0.3, -0.25) is 4.79 Å². The second-order valence-electron chi connectivity index (χ2n) is 5.20. The third-order valence-electron chi connectivity index (χ3n) is 3.89. The van der Waals surface area contributed by atoms with Gasteiger partial charge in [0.25, 0.3) is 0 Å². The molecule has 0 aliphatic carbocycles. The van der Waals surface area contributed by atoms with Gasteiger partial charge in [-0.15, -0.1) is 0 Å². The topological polar surface area (TPSA) is 29.1 Å². The Balaban J connectivity index is 1.84. The number of carbonyl (C=O) groups excluding carboxylic acids is 1. The highest BCUT2D eigenvalue weighted by atomic mass is 35.5. The molecule has 1 aliphatic heterocycles. The zero-order valence-electron chi connectivity index (χ0n) is 11.1. The molecular weight excluding hydrogens is 270 g/mol. The van der Waals surface area contributed by atoms with Gasteiger partial charge in [0.2, 0.25) is 5.91 Å². The van der Waals surface area contributed by atoms with Gasteiger partial charge in [0.15, 0.2) is 0 Å². The fraction of sp³-hybridized carbons (Fsp3) is 0.235. The second-order valence-corrected chi connectivity index (χ2v) is 5.64. The molecule has 1 N–H and O–H groups in total. The smallest absolute Gasteiger partial charge is 0.224 e. The third kappa shape index (κ3) is 2.70. The largest absolute Gasteiger partial charge is 0.355 e. The SMILES string of the molecule is O=C1NC[C@H](c2ccccc2)[C@H]1Cc1cccc(Cl)c1. The van der Waals surface area contributed by atoms with Crippen LogP contribution in [0.1, 0.15) is 17.0 Å². The predicted octanol–water partition coefficient (Wildman–Crippen LogP) is 3.41. The lowest BCUT2D eigenvalue weighted by atomic mass is 9.84. The lowest BCUT2D eigenvalue weighted by Crippen LogP contribution is -2.21. The summed E-state index contributed by atoms with van der Waals surface area (Å²) in [6, 6.07) is 18.0. The number of carbonyl (C=O) groups is 1. The van der Waals surface area contributed by atoms with Crippen LogP contribution in [0.5, 0.6) is 0 Å². The van der Waals surface area contributed by atoms with E-state index in [4.69, 9.17) is 11.6 Å². The maximum atomic E-state index is 12.1. The summed E-state index contributed by atoms with van der Waals surface area (Å²) in [5.74, 6) is 0.359. The fourth-order valence-electron chi connectivity index (χ4n) is 2.87. The van der Waals surface area contributed by atoms with Crippen molar-refractivity contribution in [3.8, 4) is 0 Å². The highest BCUT2D eigenvalue weighted by Crippen LogP contribution is 2.31. The Morgan fingerprint density at radius 1 is 1.10 bits per heavy atom. The molecule has 1 heterocycles. The van der Waals surface area contributed by atoms with Crippen LogP contribution in [0.15, 0.2) is 54.6 Å². The number of hydrogen-bond donors (Lipinski definition) is 1. The van der Waals surface area contributed by atoms with Gasteiger partial charge in [0.05, 0.1) is 5.92 Å². The quantitative estimate of drug-likeness (QED) is 0.920. The van der Waals surface area contributed by atoms with Gasteiger partial charge in [0.1, 0.15) is 0 Å². The summed E-state index contributed by atoms with van der Waals surface area (Å²) in [7, 11) is 0. The zero-order valence-corrected chi connectivity index (χ0v) is 11.8. The van der Waals surface area contributed by atoms with E-state index in [1.807, 2.05) is 42.5 Å². The number of halogens is 1. The third-order valence-corrected chi connectivity index (χ3v) is 4.13. The molecule has 0 unspecified atom stereocenters. The van der Waals surface area contributed by atoms with E-state index in [0.29, 0.717) is 6.54 Å². The first-order chi connectivity index (χ1) is 9.74. The van der Waals surface area contributed by atoms with Crippen LogP contribution in [0.25, 0.3) is 0 Å². The van der Waals surface area contributed by atoms with E-state index in [2.05, 4.69) is 17.4 Å². The van der Waals surface area contributed by atoms with Crippen LogP contribution >= 0.6 is 11.6 Å². The monoisotopic (exact) mass is 285 g/mol. The summed E-state index contributed by atoms with van der Waals surface area (Å²) in [5.41, 5.74) is 2.33. The maximum absolute atomic E-state index is 12.1. The lowest BCUT2D eigenvalue weighted by molar-refractivity contribution is -0.122.